The average molecular weight is 287 g/mol. The van der Waals surface area contributed by atoms with Crippen LogP contribution in [0.3, 0.4) is 0 Å². The van der Waals surface area contributed by atoms with Gasteiger partial charge in [0.25, 0.3) is 0 Å². The molecule has 1 unspecified atom stereocenters. The van der Waals surface area contributed by atoms with E-state index >= 15 is 0 Å². The second-order valence-electron chi connectivity index (χ2n) is 5.61. The summed E-state index contributed by atoms with van der Waals surface area (Å²) in [5, 5.41) is 2.56. The van der Waals surface area contributed by atoms with E-state index in [1.165, 1.54) is 6.08 Å². The molecule has 1 aromatic carbocycles. The van der Waals surface area contributed by atoms with Gasteiger partial charge in [-0.1, -0.05) is 61.7 Å². The summed E-state index contributed by atoms with van der Waals surface area (Å²) in [6, 6.07) is 7.51. The van der Waals surface area contributed by atoms with Gasteiger partial charge in [-0.2, -0.15) is 13.2 Å². The molecule has 0 amide bonds. The van der Waals surface area contributed by atoms with E-state index in [-0.39, 0.29) is 6.54 Å². The molecule has 0 radical (unpaired) electrons. The molecule has 0 saturated heterocycles. The van der Waals surface area contributed by atoms with Crippen molar-refractivity contribution >= 4 is 8.07 Å². The Morgan fingerprint density at radius 2 is 1.74 bits per heavy atom. The monoisotopic (exact) mass is 287 g/mol. The molecule has 1 N–H and O–H groups in total. The standard InChI is InChI=1S/C14H20F3NSi/c1-19(2,3)10-9-13(14(15,16)17)18-11-12-7-5-4-6-8-12/h4-10,13,18H,11H2,1-3H3/b10-9-. The van der Waals surface area contributed by atoms with Crippen LogP contribution in [-0.4, -0.2) is 20.3 Å². The maximum absolute atomic E-state index is 12.9. The van der Waals surface area contributed by atoms with Gasteiger partial charge in [0.1, 0.15) is 6.04 Å². The van der Waals surface area contributed by atoms with E-state index in [0.29, 0.717) is 0 Å². The lowest BCUT2D eigenvalue weighted by molar-refractivity contribution is -0.144. The lowest BCUT2D eigenvalue weighted by Gasteiger charge is -2.20. The molecular weight excluding hydrogens is 267 g/mol. The molecule has 1 nitrogen and oxygen atoms in total. The summed E-state index contributed by atoms with van der Waals surface area (Å²) < 4.78 is 38.7. The van der Waals surface area contributed by atoms with Crippen LogP contribution in [0, 0.1) is 0 Å². The fourth-order valence-electron chi connectivity index (χ4n) is 1.50. The zero-order chi connectivity index (χ0) is 14.5. The van der Waals surface area contributed by atoms with Crippen LogP contribution in [0.1, 0.15) is 5.56 Å². The molecule has 0 saturated carbocycles. The molecule has 1 atom stereocenters. The van der Waals surface area contributed by atoms with Crippen molar-refractivity contribution in [1.29, 1.82) is 0 Å². The molecule has 19 heavy (non-hydrogen) atoms. The molecule has 0 bridgehead atoms. The minimum atomic E-state index is -4.26. The molecule has 0 fully saturated rings. The summed E-state index contributed by atoms with van der Waals surface area (Å²) in [7, 11) is -1.63. The summed E-state index contributed by atoms with van der Waals surface area (Å²) in [4.78, 5) is 0. The number of hydrogen-bond donors (Lipinski definition) is 1. The molecule has 0 aliphatic carbocycles. The molecule has 0 spiro atoms. The first-order chi connectivity index (χ1) is 8.68. The third-order valence-electron chi connectivity index (χ3n) is 2.51. The topological polar surface area (TPSA) is 12.0 Å². The third kappa shape index (κ3) is 6.59. The minimum Gasteiger partial charge on any atom is -0.299 e. The van der Waals surface area contributed by atoms with Gasteiger partial charge in [-0.15, -0.1) is 0 Å². The van der Waals surface area contributed by atoms with Crippen molar-refractivity contribution in [3.05, 3.63) is 47.7 Å². The van der Waals surface area contributed by atoms with E-state index in [1.54, 1.807) is 5.70 Å². The smallest absolute Gasteiger partial charge is 0.299 e. The maximum Gasteiger partial charge on any atom is 0.407 e. The van der Waals surface area contributed by atoms with Gasteiger partial charge in [0.15, 0.2) is 0 Å². The fraction of sp³-hybridized carbons (Fsp3) is 0.429. The van der Waals surface area contributed by atoms with Crippen LogP contribution in [0.2, 0.25) is 19.6 Å². The summed E-state index contributed by atoms with van der Waals surface area (Å²) in [6.07, 6.45) is -3.00. The third-order valence-corrected chi connectivity index (χ3v) is 3.70. The van der Waals surface area contributed by atoms with E-state index in [1.807, 2.05) is 50.0 Å². The Bertz CT molecular complexity index is 407. The van der Waals surface area contributed by atoms with Crippen molar-refractivity contribution in [2.24, 2.45) is 0 Å². The molecule has 5 heteroatoms. The van der Waals surface area contributed by atoms with E-state index < -0.39 is 20.3 Å². The SMILES string of the molecule is C[Si](C)(C)/C=C\C(NCc1ccccc1)C(F)(F)F. The Kier molecular flexibility index (Phi) is 5.37. The number of rotatable bonds is 5. The minimum absolute atomic E-state index is 0.209. The van der Waals surface area contributed by atoms with Crippen LogP contribution in [0.25, 0.3) is 0 Å². The second-order valence-corrected chi connectivity index (χ2v) is 10.7. The highest BCUT2D eigenvalue weighted by Crippen LogP contribution is 2.22. The zero-order valence-electron chi connectivity index (χ0n) is 11.5. The van der Waals surface area contributed by atoms with Gasteiger partial charge in [-0.05, 0) is 5.56 Å². The molecule has 1 aromatic rings. The lowest BCUT2D eigenvalue weighted by Crippen LogP contribution is -2.40. The second kappa shape index (κ2) is 6.39. The molecule has 0 heterocycles. The van der Waals surface area contributed by atoms with Gasteiger partial charge in [-0.25, -0.2) is 0 Å². The Morgan fingerprint density at radius 1 is 1.16 bits per heavy atom. The normalized spacial score (nSPS) is 14.8. The molecule has 106 valence electrons. The van der Waals surface area contributed by atoms with E-state index in [4.69, 9.17) is 0 Å². The maximum atomic E-state index is 12.9. The van der Waals surface area contributed by atoms with Crippen LogP contribution in [-0.2, 0) is 6.54 Å². The summed E-state index contributed by atoms with van der Waals surface area (Å²) >= 11 is 0. The highest BCUT2D eigenvalue weighted by atomic mass is 28.3. The van der Waals surface area contributed by atoms with Gasteiger partial charge in [-0.3, -0.25) is 5.32 Å². The van der Waals surface area contributed by atoms with E-state index in [9.17, 15) is 13.2 Å². The van der Waals surface area contributed by atoms with Crippen molar-refractivity contribution in [2.75, 3.05) is 0 Å². The van der Waals surface area contributed by atoms with Crippen molar-refractivity contribution in [3.8, 4) is 0 Å². The van der Waals surface area contributed by atoms with Gasteiger partial charge in [0.2, 0.25) is 0 Å². The van der Waals surface area contributed by atoms with Crippen LogP contribution in [0.15, 0.2) is 42.1 Å². The molecule has 0 aromatic heterocycles. The largest absolute Gasteiger partial charge is 0.407 e. The average Bonchev–Trinajstić information content (AvgIpc) is 2.27. The highest BCUT2D eigenvalue weighted by molar-refractivity contribution is 6.80. The Hall–Kier alpha value is -1.07. The van der Waals surface area contributed by atoms with Gasteiger partial charge < -0.3 is 0 Å². The lowest BCUT2D eigenvalue weighted by atomic mass is 10.2. The Morgan fingerprint density at radius 3 is 2.21 bits per heavy atom. The van der Waals surface area contributed by atoms with Gasteiger partial charge in [0.05, 0.1) is 8.07 Å². The van der Waals surface area contributed by atoms with Crippen LogP contribution in [0.4, 0.5) is 13.2 Å². The van der Waals surface area contributed by atoms with Gasteiger partial charge >= 0.3 is 6.18 Å². The fourth-order valence-corrected chi connectivity index (χ4v) is 2.27. The quantitative estimate of drug-likeness (QED) is 0.803. The first kappa shape index (κ1) is 16.0. The van der Waals surface area contributed by atoms with Gasteiger partial charge in [0, 0.05) is 6.54 Å². The number of alkyl halides is 3. The van der Waals surface area contributed by atoms with Crippen LogP contribution >= 0.6 is 0 Å². The Labute approximate surface area is 113 Å². The first-order valence-electron chi connectivity index (χ1n) is 6.22. The van der Waals surface area contributed by atoms with Crippen LogP contribution < -0.4 is 5.32 Å². The van der Waals surface area contributed by atoms with Crippen molar-refractivity contribution < 1.29 is 13.2 Å². The van der Waals surface area contributed by atoms with E-state index in [2.05, 4.69) is 5.32 Å². The first-order valence-corrected chi connectivity index (χ1v) is 9.79. The van der Waals surface area contributed by atoms with Crippen molar-refractivity contribution in [3.63, 3.8) is 0 Å². The number of halogens is 3. The van der Waals surface area contributed by atoms with Crippen molar-refractivity contribution in [1.82, 2.24) is 5.32 Å². The number of nitrogens with one attached hydrogen (secondary N) is 1. The molecular formula is C14H20F3NSi. The molecule has 1 rings (SSSR count). The van der Waals surface area contributed by atoms with E-state index in [0.717, 1.165) is 5.56 Å². The van der Waals surface area contributed by atoms with Crippen LogP contribution in [0.5, 0.6) is 0 Å². The Balaban J connectivity index is 2.69. The predicted molar refractivity (Wildman–Crippen MR) is 75.6 cm³/mol. The number of benzene rings is 1. The van der Waals surface area contributed by atoms with Crippen molar-refractivity contribution in [2.45, 2.75) is 38.4 Å². The molecule has 0 aliphatic rings. The summed E-state index contributed by atoms with van der Waals surface area (Å²) in [5.74, 6) is 0. The zero-order valence-corrected chi connectivity index (χ0v) is 12.5. The molecule has 0 aliphatic heterocycles. The summed E-state index contributed by atoms with van der Waals surface area (Å²) in [5.41, 5.74) is 2.57. The highest BCUT2D eigenvalue weighted by Gasteiger charge is 2.37. The number of hydrogen-bond acceptors (Lipinski definition) is 1. The summed E-state index contributed by atoms with van der Waals surface area (Å²) in [6.45, 7) is 6.23. The predicted octanol–water partition coefficient (Wildman–Crippen LogP) is 4.14.